The summed E-state index contributed by atoms with van der Waals surface area (Å²) in [6.07, 6.45) is 3.68. The maximum atomic E-state index is 14.6. The molecule has 1 aromatic carbocycles. The van der Waals surface area contributed by atoms with Crippen molar-refractivity contribution in [3.63, 3.8) is 0 Å². The summed E-state index contributed by atoms with van der Waals surface area (Å²) in [5, 5.41) is 15.2. The predicted molar refractivity (Wildman–Crippen MR) is 99.3 cm³/mol. The average molecular weight is 384 g/mol. The van der Waals surface area contributed by atoms with Gasteiger partial charge in [-0.15, -0.1) is 5.10 Å². The summed E-state index contributed by atoms with van der Waals surface area (Å²) in [7, 11) is 0. The third-order valence-corrected chi connectivity index (χ3v) is 5.97. The van der Waals surface area contributed by atoms with E-state index in [1.165, 1.54) is 21.9 Å². The van der Waals surface area contributed by atoms with Crippen molar-refractivity contribution in [1.82, 2.24) is 19.5 Å². The number of aromatic nitrogens is 3. The number of furan rings is 1. The number of rotatable bonds is 4. The van der Waals surface area contributed by atoms with Crippen molar-refractivity contribution in [2.24, 2.45) is 0 Å². The molecule has 6 nitrogen and oxygen atoms in total. The summed E-state index contributed by atoms with van der Waals surface area (Å²) >= 11 is 1.33. The van der Waals surface area contributed by atoms with Gasteiger partial charge in [0.15, 0.2) is 5.76 Å². The molecular formula is C19H17FN4O2S. The Morgan fingerprint density at radius 2 is 1.96 bits per heavy atom. The van der Waals surface area contributed by atoms with Crippen molar-refractivity contribution in [3.05, 3.63) is 58.9 Å². The molecule has 1 saturated heterocycles. The van der Waals surface area contributed by atoms with E-state index in [4.69, 9.17) is 4.42 Å². The highest BCUT2D eigenvalue weighted by Crippen LogP contribution is 2.42. The number of fused-ring (bicyclic) bond motifs is 1. The monoisotopic (exact) mass is 384 g/mol. The SMILES string of the molecule is Oc1c([C@@H](c2ccccc2F)N2CCCC2)sc2nc(-c3ccco3)nn12. The quantitative estimate of drug-likeness (QED) is 0.574. The number of nitrogens with zero attached hydrogens (tertiary/aromatic N) is 4. The minimum Gasteiger partial charge on any atom is -0.492 e. The van der Waals surface area contributed by atoms with Crippen molar-refractivity contribution in [1.29, 1.82) is 0 Å². The number of halogens is 1. The number of aromatic hydroxyl groups is 1. The molecule has 1 atom stereocenters. The Kier molecular flexibility index (Phi) is 3.95. The molecule has 1 aliphatic rings. The molecule has 4 heterocycles. The second-order valence-electron chi connectivity index (χ2n) is 6.56. The second kappa shape index (κ2) is 6.47. The van der Waals surface area contributed by atoms with Crippen LogP contribution in [0.25, 0.3) is 16.5 Å². The van der Waals surface area contributed by atoms with Gasteiger partial charge in [-0.1, -0.05) is 29.5 Å². The Balaban J connectivity index is 1.63. The van der Waals surface area contributed by atoms with Crippen LogP contribution in [0.4, 0.5) is 4.39 Å². The van der Waals surface area contributed by atoms with Gasteiger partial charge in [0.05, 0.1) is 17.2 Å². The summed E-state index contributed by atoms with van der Waals surface area (Å²) < 4.78 is 21.3. The zero-order chi connectivity index (χ0) is 18.4. The molecule has 0 spiro atoms. The molecule has 5 rings (SSSR count). The Bertz CT molecular complexity index is 1080. The first-order chi connectivity index (χ1) is 13.2. The molecule has 0 radical (unpaired) electrons. The zero-order valence-corrected chi connectivity index (χ0v) is 15.2. The van der Waals surface area contributed by atoms with Crippen LogP contribution in [-0.4, -0.2) is 37.7 Å². The number of thiazole rings is 1. The van der Waals surface area contributed by atoms with Crippen molar-refractivity contribution in [2.45, 2.75) is 18.9 Å². The largest absolute Gasteiger partial charge is 0.492 e. The van der Waals surface area contributed by atoms with Gasteiger partial charge in [-0.3, -0.25) is 4.90 Å². The zero-order valence-electron chi connectivity index (χ0n) is 14.4. The Morgan fingerprint density at radius 3 is 2.67 bits per heavy atom. The van der Waals surface area contributed by atoms with Crippen LogP contribution >= 0.6 is 11.3 Å². The van der Waals surface area contributed by atoms with Gasteiger partial charge in [-0.25, -0.2) is 4.39 Å². The smallest absolute Gasteiger partial charge is 0.230 e. The van der Waals surface area contributed by atoms with Gasteiger partial charge >= 0.3 is 0 Å². The van der Waals surface area contributed by atoms with E-state index in [0.717, 1.165) is 25.9 Å². The summed E-state index contributed by atoms with van der Waals surface area (Å²) in [5.41, 5.74) is 0.561. The summed E-state index contributed by atoms with van der Waals surface area (Å²) in [6, 6.07) is 9.92. The molecule has 1 fully saturated rings. The van der Waals surface area contributed by atoms with Crippen molar-refractivity contribution in [3.8, 4) is 17.5 Å². The highest BCUT2D eigenvalue weighted by molar-refractivity contribution is 7.17. The van der Waals surface area contributed by atoms with Crippen LogP contribution in [0.1, 0.15) is 29.3 Å². The summed E-state index contributed by atoms with van der Waals surface area (Å²) in [4.78, 5) is 7.88. The molecule has 27 heavy (non-hydrogen) atoms. The van der Waals surface area contributed by atoms with Crippen LogP contribution in [0.5, 0.6) is 5.88 Å². The van der Waals surface area contributed by atoms with Gasteiger partial charge in [-0.2, -0.15) is 9.50 Å². The Hall–Kier alpha value is -2.71. The van der Waals surface area contributed by atoms with Crippen molar-refractivity contribution < 1.29 is 13.9 Å². The molecular weight excluding hydrogens is 367 g/mol. The van der Waals surface area contributed by atoms with Gasteiger partial charge in [0.1, 0.15) is 5.82 Å². The highest BCUT2D eigenvalue weighted by Gasteiger charge is 2.32. The molecule has 3 aromatic heterocycles. The predicted octanol–water partition coefficient (Wildman–Crippen LogP) is 4.08. The van der Waals surface area contributed by atoms with Crippen LogP contribution in [0, 0.1) is 5.82 Å². The van der Waals surface area contributed by atoms with Gasteiger partial charge < -0.3 is 9.52 Å². The van der Waals surface area contributed by atoms with Crippen molar-refractivity contribution >= 4 is 16.3 Å². The van der Waals surface area contributed by atoms with Crippen molar-refractivity contribution in [2.75, 3.05) is 13.1 Å². The van der Waals surface area contributed by atoms with E-state index < -0.39 is 0 Å². The summed E-state index contributed by atoms with van der Waals surface area (Å²) in [5.74, 6) is 0.679. The first-order valence-corrected chi connectivity index (χ1v) is 9.65. The second-order valence-corrected chi connectivity index (χ2v) is 7.57. The molecule has 1 N–H and O–H groups in total. The number of likely N-dealkylation sites (tertiary alicyclic amines) is 1. The van der Waals surface area contributed by atoms with E-state index in [2.05, 4.69) is 15.0 Å². The highest BCUT2D eigenvalue weighted by atomic mass is 32.1. The molecule has 138 valence electrons. The van der Waals surface area contributed by atoms with Crippen LogP contribution in [0.15, 0.2) is 47.1 Å². The van der Waals surface area contributed by atoms with E-state index in [9.17, 15) is 9.50 Å². The molecule has 0 aliphatic carbocycles. The standard InChI is InChI=1S/C19H17FN4O2S/c20-13-7-2-1-6-12(13)15(23-9-3-4-10-23)16-18(25)24-19(27-16)21-17(22-24)14-8-5-11-26-14/h1-2,5-8,11,15,25H,3-4,9-10H2/t15-/m1/s1. The first kappa shape index (κ1) is 16.5. The van der Waals surface area contributed by atoms with Gasteiger partial charge in [0, 0.05) is 5.56 Å². The normalized spacial score (nSPS) is 16.3. The lowest BCUT2D eigenvalue weighted by atomic mass is 10.0. The van der Waals surface area contributed by atoms with Crippen LogP contribution in [0.2, 0.25) is 0 Å². The number of hydrogen-bond donors (Lipinski definition) is 1. The third-order valence-electron chi connectivity index (χ3n) is 4.90. The maximum absolute atomic E-state index is 14.6. The van der Waals surface area contributed by atoms with Gasteiger partial charge in [-0.05, 0) is 44.1 Å². The molecule has 4 aromatic rings. The van der Waals surface area contributed by atoms with E-state index in [0.29, 0.717) is 27.0 Å². The van der Waals surface area contributed by atoms with Gasteiger partial charge in [0.25, 0.3) is 0 Å². The lowest BCUT2D eigenvalue weighted by Gasteiger charge is -2.27. The van der Waals surface area contributed by atoms with Gasteiger partial charge in [0.2, 0.25) is 16.7 Å². The van der Waals surface area contributed by atoms with Crippen LogP contribution in [0.3, 0.4) is 0 Å². The first-order valence-electron chi connectivity index (χ1n) is 8.83. The molecule has 0 unspecified atom stereocenters. The van der Waals surface area contributed by atoms with E-state index in [1.54, 1.807) is 30.5 Å². The minimum atomic E-state index is -0.353. The topological polar surface area (TPSA) is 66.8 Å². The maximum Gasteiger partial charge on any atom is 0.230 e. The lowest BCUT2D eigenvalue weighted by molar-refractivity contribution is 0.272. The van der Waals surface area contributed by atoms with E-state index in [1.807, 2.05) is 6.07 Å². The van der Waals surface area contributed by atoms with E-state index in [-0.39, 0.29) is 17.7 Å². The molecule has 1 aliphatic heterocycles. The third kappa shape index (κ3) is 2.72. The number of hydrogen-bond acceptors (Lipinski definition) is 6. The minimum absolute atomic E-state index is 0.000425. The van der Waals surface area contributed by atoms with Crippen LogP contribution in [-0.2, 0) is 0 Å². The molecule has 0 bridgehead atoms. The van der Waals surface area contributed by atoms with E-state index >= 15 is 0 Å². The fraction of sp³-hybridized carbons (Fsp3) is 0.263. The average Bonchev–Trinajstić information content (AvgIpc) is 3.44. The Labute approximate surface area is 158 Å². The molecule has 0 saturated carbocycles. The summed E-state index contributed by atoms with van der Waals surface area (Å²) in [6.45, 7) is 1.73. The molecule has 0 amide bonds. The Morgan fingerprint density at radius 1 is 1.15 bits per heavy atom. The fourth-order valence-electron chi connectivity index (χ4n) is 3.64. The fourth-order valence-corrected chi connectivity index (χ4v) is 4.75. The number of benzene rings is 1. The molecule has 8 heteroatoms. The van der Waals surface area contributed by atoms with Crippen LogP contribution < -0.4 is 0 Å². The lowest BCUT2D eigenvalue weighted by Crippen LogP contribution is -2.26.